The molecule has 0 amide bonds. The Balaban J connectivity index is 1.13. The average Bonchev–Trinajstić information content (AvgIpc) is 3.81. The average molecular weight is 944 g/mol. The molecule has 16 rings (SSSR count). The first-order valence-electron chi connectivity index (χ1n) is 25.4. The van der Waals surface area contributed by atoms with E-state index < -0.39 is 0 Å². The lowest BCUT2D eigenvalue weighted by Gasteiger charge is -2.50. The van der Waals surface area contributed by atoms with Gasteiger partial charge in [0.25, 0.3) is 6.71 Å². The van der Waals surface area contributed by atoms with Crippen molar-refractivity contribution in [1.82, 2.24) is 4.57 Å². The summed E-state index contributed by atoms with van der Waals surface area (Å²) in [5, 5.41) is 2.51. The number of fused-ring (bicyclic) bond motifs is 13. The van der Waals surface area contributed by atoms with Crippen LogP contribution in [0.1, 0.15) is 5.56 Å². The van der Waals surface area contributed by atoms with Gasteiger partial charge in [-0.3, -0.25) is 0 Å². The summed E-state index contributed by atoms with van der Waals surface area (Å²) in [7, 11) is 0. The molecule has 6 heteroatoms. The number of aryl methyl sites for hydroxylation is 1. The van der Waals surface area contributed by atoms with E-state index in [1.807, 2.05) is 11.8 Å². The van der Waals surface area contributed by atoms with Crippen LogP contribution in [-0.2, 0) is 0 Å². The van der Waals surface area contributed by atoms with Gasteiger partial charge in [0, 0.05) is 60.3 Å². The van der Waals surface area contributed by atoms with Crippen LogP contribution in [0, 0.1) is 6.92 Å². The summed E-state index contributed by atoms with van der Waals surface area (Å²) in [6, 6.07) is 91.0. The van der Waals surface area contributed by atoms with Crippen LogP contribution in [0.15, 0.2) is 252 Å². The van der Waals surface area contributed by atoms with Crippen LogP contribution in [0.5, 0.6) is 0 Å². The summed E-state index contributed by atoms with van der Waals surface area (Å²) in [5.41, 5.74) is 27.7. The summed E-state index contributed by atoms with van der Waals surface area (Å²) in [6.07, 6.45) is 0. The number of nitrogens with zero attached hydrogens (tertiary/aromatic N) is 3. The van der Waals surface area contributed by atoms with E-state index >= 15 is 0 Å². The predicted molar refractivity (Wildman–Crippen MR) is 311 cm³/mol. The quantitative estimate of drug-likeness (QED) is 0.159. The second-order valence-electron chi connectivity index (χ2n) is 19.9. The van der Waals surface area contributed by atoms with Gasteiger partial charge in [-0.1, -0.05) is 205 Å². The molecule has 0 aliphatic carbocycles. The van der Waals surface area contributed by atoms with Crippen LogP contribution >= 0.6 is 11.8 Å². The number of hydrogen-bond acceptors (Lipinski definition) is 3. The van der Waals surface area contributed by atoms with Gasteiger partial charge >= 0.3 is 0 Å². The minimum atomic E-state index is -0.0711. The maximum absolute atomic E-state index is 2.68. The summed E-state index contributed by atoms with van der Waals surface area (Å²) in [6.45, 7) is 2.18. The molecule has 0 N–H and O–H groups in total. The Morgan fingerprint density at radius 2 is 0.932 bits per heavy atom. The Hall–Kier alpha value is -8.70. The number of aromatic nitrogens is 1. The molecular weight excluding hydrogens is 900 g/mol. The zero-order chi connectivity index (χ0) is 47.9. The van der Waals surface area contributed by atoms with Crippen molar-refractivity contribution in [3.8, 4) is 39.1 Å². The Bertz CT molecular complexity index is 4270. The number of para-hydroxylation sites is 4. The molecule has 5 heterocycles. The van der Waals surface area contributed by atoms with Crippen molar-refractivity contribution in [3.63, 3.8) is 0 Å². The third-order valence-electron chi connectivity index (χ3n) is 16.1. The molecule has 338 valence electrons. The van der Waals surface area contributed by atoms with Gasteiger partial charge in [-0.15, -0.1) is 0 Å². The van der Waals surface area contributed by atoms with Crippen molar-refractivity contribution in [2.75, 3.05) is 9.80 Å². The predicted octanol–water partition coefficient (Wildman–Crippen LogP) is 13.5. The van der Waals surface area contributed by atoms with E-state index in [1.165, 1.54) is 137 Å². The number of benzene rings is 11. The molecule has 0 fully saturated rings. The molecule has 0 bridgehead atoms. The zero-order valence-electron chi connectivity index (χ0n) is 40.0. The second kappa shape index (κ2) is 15.6. The first kappa shape index (κ1) is 41.0. The Kier molecular flexibility index (Phi) is 8.78. The van der Waals surface area contributed by atoms with Crippen LogP contribution in [-0.4, -0.2) is 18.0 Å². The highest BCUT2D eigenvalue weighted by Crippen LogP contribution is 2.55. The molecule has 11 aromatic carbocycles. The molecule has 0 saturated heterocycles. The SMILES string of the molecule is Cc1ccccc1N1c2ccccc2B2c3cc(-c4ccccc4)ccc3N3c4ccc(-c5ccccc5)cc4B4c5ccccc5Sc5c4c3c2c1c5-c1cccc2c1c1ccccc1n2-c1ccccc1. The van der Waals surface area contributed by atoms with Crippen LogP contribution in [0.25, 0.3) is 60.9 Å². The normalized spacial score (nSPS) is 13.4. The lowest BCUT2D eigenvalue weighted by atomic mass is 9.29. The van der Waals surface area contributed by atoms with E-state index in [0.29, 0.717) is 0 Å². The smallest absolute Gasteiger partial charge is 0.252 e. The van der Waals surface area contributed by atoms with Crippen LogP contribution in [0.4, 0.5) is 34.1 Å². The fourth-order valence-electron chi connectivity index (χ4n) is 13.2. The largest absolute Gasteiger partial charge is 0.312 e. The van der Waals surface area contributed by atoms with Gasteiger partial charge in [-0.25, -0.2) is 0 Å². The van der Waals surface area contributed by atoms with Gasteiger partial charge in [0.15, 0.2) is 0 Å². The van der Waals surface area contributed by atoms with E-state index in [0.717, 1.165) is 5.69 Å². The highest BCUT2D eigenvalue weighted by Gasteiger charge is 2.52. The van der Waals surface area contributed by atoms with Gasteiger partial charge in [-0.2, -0.15) is 0 Å². The minimum absolute atomic E-state index is 0.0267. The lowest BCUT2D eigenvalue weighted by Crippen LogP contribution is -2.68. The first-order valence-corrected chi connectivity index (χ1v) is 26.2. The number of hydrogen-bond donors (Lipinski definition) is 0. The van der Waals surface area contributed by atoms with Crippen LogP contribution < -0.4 is 42.6 Å². The summed E-state index contributed by atoms with van der Waals surface area (Å²) in [4.78, 5) is 7.97. The van der Waals surface area contributed by atoms with E-state index in [2.05, 4.69) is 264 Å². The molecule has 4 aliphatic rings. The molecule has 1 aromatic heterocycles. The van der Waals surface area contributed by atoms with Crippen molar-refractivity contribution < 1.29 is 0 Å². The van der Waals surface area contributed by atoms with Gasteiger partial charge in [0.05, 0.1) is 16.7 Å². The maximum Gasteiger partial charge on any atom is 0.252 e. The lowest BCUT2D eigenvalue weighted by molar-refractivity contribution is 1.18. The highest BCUT2D eigenvalue weighted by atomic mass is 32.2. The second-order valence-corrected chi connectivity index (χ2v) is 21.0. The third kappa shape index (κ3) is 5.76. The minimum Gasteiger partial charge on any atom is -0.312 e. The molecule has 0 unspecified atom stereocenters. The molecule has 4 aliphatic heterocycles. The van der Waals surface area contributed by atoms with Crippen molar-refractivity contribution in [2.45, 2.75) is 16.7 Å². The first-order chi connectivity index (χ1) is 36.2. The van der Waals surface area contributed by atoms with Crippen molar-refractivity contribution >= 4 is 114 Å². The molecule has 0 spiro atoms. The summed E-state index contributed by atoms with van der Waals surface area (Å²) >= 11 is 1.97. The fourth-order valence-corrected chi connectivity index (χ4v) is 14.5. The summed E-state index contributed by atoms with van der Waals surface area (Å²) in [5.74, 6) is 0. The van der Waals surface area contributed by atoms with Crippen LogP contribution in [0.2, 0.25) is 0 Å². The molecule has 0 radical (unpaired) electrons. The van der Waals surface area contributed by atoms with Crippen molar-refractivity contribution in [3.05, 3.63) is 248 Å². The number of rotatable bonds is 5. The fraction of sp³-hybridized carbons (Fsp3) is 0.0149. The molecular formula is C67H43B2N3S. The van der Waals surface area contributed by atoms with Crippen molar-refractivity contribution in [1.29, 1.82) is 0 Å². The van der Waals surface area contributed by atoms with E-state index in [4.69, 9.17) is 0 Å². The molecule has 0 atom stereocenters. The van der Waals surface area contributed by atoms with Gasteiger partial charge in [0.2, 0.25) is 6.71 Å². The summed E-state index contributed by atoms with van der Waals surface area (Å²) < 4.78 is 2.47. The van der Waals surface area contributed by atoms with Gasteiger partial charge in [-0.05, 0) is 122 Å². The van der Waals surface area contributed by atoms with Gasteiger partial charge < -0.3 is 14.4 Å². The Morgan fingerprint density at radius 1 is 0.384 bits per heavy atom. The highest BCUT2D eigenvalue weighted by molar-refractivity contribution is 8.00. The Labute approximate surface area is 429 Å². The standard InChI is InChI=1S/C67H43B2N3S/c1-42-20-11-15-31-54(42)71-56-33-17-13-29-50(56)68-52-40-45(43-21-5-2-6-22-43)36-38-57(52)72-58-39-37-46(44-23-7-3-8-24-44)41-53(58)69-51-30-14-18-35-60(51)73-67-62(65(71)63(68)66(72)64(67)69)49-28-19-34-59-61(49)48-27-12-16-32-55(48)70(59)47-25-9-4-10-26-47/h2-41H,1H3. The van der Waals surface area contributed by atoms with Crippen molar-refractivity contribution in [2.24, 2.45) is 0 Å². The maximum atomic E-state index is 2.68. The molecule has 12 aromatic rings. The molecule has 73 heavy (non-hydrogen) atoms. The molecule has 0 saturated carbocycles. The monoisotopic (exact) mass is 943 g/mol. The Morgan fingerprint density at radius 3 is 1.64 bits per heavy atom. The number of anilines is 6. The third-order valence-corrected chi connectivity index (χ3v) is 17.4. The zero-order valence-corrected chi connectivity index (χ0v) is 40.8. The molecule has 3 nitrogen and oxygen atoms in total. The van der Waals surface area contributed by atoms with E-state index in [1.54, 1.807) is 0 Å². The topological polar surface area (TPSA) is 11.4 Å². The van der Waals surface area contributed by atoms with E-state index in [9.17, 15) is 0 Å². The van der Waals surface area contributed by atoms with Gasteiger partial charge in [0.1, 0.15) is 0 Å². The van der Waals surface area contributed by atoms with Crippen LogP contribution in [0.3, 0.4) is 0 Å². The van der Waals surface area contributed by atoms with E-state index in [-0.39, 0.29) is 13.4 Å².